The Morgan fingerprint density at radius 2 is 1.90 bits per heavy atom. The molecule has 0 saturated heterocycles. The second kappa shape index (κ2) is 4.51. The summed E-state index contributed by atoms with van der Waals surface area (Å²) in [5, 5.41) is 9.38. The van der Waals surface area contributed by atoms with Gasteiger partial charge in [-0.1, -0.05) is 26.8 Å². The first-order chi connectivity index (χ1) is 4.57. The van der Waals surface area contributed by atoms with Crippen LogP contribution in [-0.4, -0.2) is 11.2 Å². The Bertz CT molecular complexity index is 96.9. The molecular weight excluding hydrogens is 124 g/mol. The van der Waals surface area contributed by atoms with Crippen molar-refractivity contribution in [2.45, 2.75) is 33.3 Å². The van der Waals surface area contributed by atoms with Gasteiger partial charge in [0.05, 0.1) is 6.10 Å². The van der Waals surface area contributed by atoms with E-state index in [0.717, 1.165) is 6.42 Å². The molecule has 0 fully saturated rings. The topological polar surface area (TPSA) is 20.2 Å². The monoisotopic (exact) mass is 142 g/mol. The Hall–Kier alpha value is -0.300. The van der Waals surface area contributed by atoms with Gasteiger partial charge in [0.25, 0.3) is 0 Å². The minimum Gasteiger partial charge on any atom is -0.393 e. The lowest BCUT2D eigenvalue weighted by Crippen LogP contribution is -2.17. The van der Waals surface area contributed by atoms with E-state index in [9.17, 15) is 5.11 Å². The third kappa shape index (κ3) is 3.67. The van der Waals surface area contributed by atoms with Gasteiger partial charge in [-0.3, -0.25) is 0 Å². The fourth-order valence-corrected chi connectivity index (χ4v) is 0.749. The lowest BCUT2D eigenvalue weighted by molar-refractivity contribution is 0.106. The molecule has 60 valence electrons. The first-order valence-corrected chi connectivity index (χ1v) is 3.88. The van der Waals surface area contributed by atoms with E-state index >= 15 is 0 Å². The molecule has 0 aliphatic rings. The van der Waals surface area contributed by atoms with Crippen molar-refractivity contribution < 1.29 is 5.11 Å². The molecule has 0 radical (unpaired) electrons. The lowest BCUT2D eigenvalue weighted by Gasteiger charge is -2.16. The third-order valence-corrected chi connectivity index (χ3v) is 1.79. The van der Waals surface area contributed by atoms with E-state index in [1.165, 1.54) is 0 Å². The summed E-state index contributed by atoms with van der Waals surface area (Å²) < 4.78 is 0. The number of allylic oxidation sites excluding steroid dienone is 1. The maximum absolute atomic E-state index is 9.38. The summed E-state index contributed by atoms with van der Waals surface area (Å²) in [7, 11) is 0. The summed E-state index contributed by atoms with van der Waals surface area (Å²) in [4.78, 5) is 0. The van der Waals surface area contributed by atoms with E-state index in [1.807, 2.05) is 19.9 Å². The molecule has 0 aromatic heterocycles. The van der Waals surface area contributed by atoms with Crippen LogP contribution in [0, 0.1) is 11.8 Å². The Labute approximate surface area is 63.8 Å². The van der Waals surface area contributed by atoms with Crippen LogP contribution in [-0.2, 0) is 0 Å². The molecule has 0 saturated carbocycles. The van der Waals surface area contributed by atoms with Gasteiger partial charge < -0.3 is 5.11 Å². The molecule has 0 spiro atoms. The van der Waals surface area contributed by atoms with Gasteiger partial charge in [-0.25, -0.2) is 0 Å². The normalized spacial score (nSPS) is 16.9. The summed E-state index contributed by atoms with van der Waals surface area (Å²) in [5.41, 5.74) is 0. The number of rotatable bonds is 4. The first-order valence-electron chi connectivity index (χ1n) is 3.88. The van der Waals surface area contributed by atoms with Gasteiger partial charge in [0, 0.05) is 0 Å². The van der Waals surface area contributed by atoms with Gasteiger partial charge >= 0.3 is 0 Å². The molecule has 0 amide bonds. The fourth-order valence-electron chi connectivity index (χ4n) is 0.749. The number of aliphatic hydroxyl groups is 1. The Morgan fingerprint density at radius 1 is 1.40 bits per heavy atom. The summed E-state index contributed by atoms with van der Waals surface area (Å²) in [6.07, 6.45) is 2.54. The van der Waals surface area contributed by atoms with Crippen LogP contribution in [0.5, 0.6) is 0 Å². The van der Waals surface area contributed by atoms with Crippen molar-refractivity contribution >= 4 is 0 Å². The smallest absolute Gasteiger partial charge is 0.0568 e. The average Bonchev–Trinajstić information content (AvgIpc) is 1.87. The highest BCUT2D eigenvalue weighted by Gasteiger charge is 2.10. The van der Waals surface area contributed by atoms with Crippen LogP contribution >= 0.6 is 0 Å². The Kier molecular flexibility index (Phi) is 4.37. The number of aliphatic hydroxyl groups excluding tert-OH is 1. The van der Waals surface area contributed by atoms with E-state index in [-0.39, 0.29) is 6.10 Å². The van der Waals surface area contributed by atoms with E-state index in [2.05, 4.69) is 13.5 Å². The molecule has 1 nitrogen and oxygen atoms in total. The third-order valence-electron chi connectivity index (χ3n) is 1.79. The van der Waals surface area contributed by atoms with Crippen LogP contribution in [0.4, 0.5) is 0 Å². The van der Waals surface area contributed by atoms with Gasteiger partial charge in [0.15, 0.2) is 0 Å². The van der Waals surface area contributed by atoms with Gasteiger partial charge in [0.1, 0.15) is 0 Å². The molecule has 0 aromatic rings. The van der Waals surface area contributed by atoms with Crippen LogP contribution in [0.1, 0.15) is 27.2 Å². The summed E-state index contributed by atoms with van der Waals surface area (Å²) in [6, 6.07) is 0. The van der Waals surface area contributed by atoms with Crippen molar-refractivity contribution in [3.8, 4) is 0 Å². The quantitative estimate of drug-likeness (QED) is 0.597. The van der Waals surface area contributed by atoms with Crippen molar-refractivity contribution in [2.75, 3.05) is 0 Å². The van der Waals surface area contributed by atoms with E-state index in [4.69, 9.17) is 0 Å². The van der Waals surface area contributed by atoms with Crippen molar-refractivity contribution in [3.05, 3.63) is 12.7 Å². The minimum absolute atomic E-state index is 0.173. The molecule has 2 atom stereocenters. The Morgan fingerprint density at radius 3 is 2.20 bits per heavy atom. The zero-order valence-electron chi connectivity index (χ0n) is 7.17. The highest BCUT2D eigenvalue weighted by Crippen LogP contribution is 2.12. The van der Waals surface area contributed by atoms with Crippen LogP contribution in [0.15, 0.2) is 12.7 Å². The van der Waals surface area contributed by atoms with Crippen LogP contribution in [0.25, 0.3) is 0 Å². The second-order valence-corrected chi connectivity index (χ2v) is 3.26. The van der Waals surface area contributed by atoms with Crippen molar-refractivity contribution in [2.24, 2.45) is 11.8 Å². The molecule has 0 aliphatic heterocycles. The summed E-state index contributed by atoms with van der Waals surface area (Å²) in [6.45, 7) is 9.79. The molecule has 1 heteroatoms. The highest BCUT2D eigenvalue weighted by atomic mass is 16.3. The molecule has 0 bridgehead atoms. The predicted octanol–water partition coefficient (Wildman–Crippen LogP) is 2.22. The molecule has 0 unspecified atom stereocenters. The molecule has 0 aliphatic carbocycles. The predicted molar refractivity (Wildman–Crippen MR) is 44.8 cm³/mol. The maximum atomic E-state index is 9.38. The van der Waals surface area contributed by atoms with Crippen LogP contribution in [0.2, 0.25) is 0 Å². The minimum atomic E-state index is -0.173. The zero-order chi connectivity index (χ0) is 8.15. The van der Waals surface area contributed by atoms with Gasteiger partial charge in [0.2, 0.25) is 0 Å². The average molecular weight is 142 g/mol. The molecule has 0 rings (SSSR count). The van der Waals surface area contributed by atoms with E-state index < -0.39 is 0 Å². The second-order valence-electron chi connectivity index (χ2n) is 3.26. The van der Waals surface area contributed by atoms with Gasteiger partial charge in [-0.05, 0) is 18.3 Å². The number of hydrogen-bond acceptors (Lipinski definition) is 1. The highest BCUT2D eigenvalue weighted by molar-refractivity contribution is 4.78. The van der Waals surface area contributed by atoms with Gasteiger partial charge in [-0.15, -0.1) is 6.58 Å². The Balaban J connectivity index is 3.56. The van der Waals surface area contributed by atoms with Crippen LogP contribution < -0.4 is 0 Å². The first kappa shape index (κ1) is 9.70. The molecule has 1 N–H and O–H groups in total. The largest absolute Gasteiger partial charge is 0.393 e. The summed E-state index contributed by atoms with van der Waals surface area (Å²) >= 11 is 0. The SMILES string of the molecule is C=C[C@H](C)C[C@H](O)C(C)C. The lowest BCUT2D eigenvalue weighted by atomic mass is 9.96. The van der Waals surface area contributed by atoms with Gasteiger partial charge in [-0.2, -0.15) is 0 Å². The van der Waals surface area contributed by atoms with Crippen molar-refractivity contribution in [3.63, 3.8) is 0 Å². The fraction of sp³-hybridized carbons (Fsp3) is 0.778. The molecule has 10 heavy (non-hydrogen) atoms. The van der Waals surface area contributed by atoms with Crippen molar-refractivity contribution in [1.29, 1.82) is 0 Å². The van der Waals surface area contributed by atoms with E-state index in [1.54, 1.807) is 0 Å². The standard InChI is InChI=1S/C9H18O/c1-5-8(4)6-9(10)7(2)3/h5,7-10H,1,6H2,2-4H3/t8-,9-/m0/s1. The van der Waals surface area contributed by atoms with E-state index in [0.29, 0.717) is 11.8 Å². The molecule has 0 aromatic carbocycles. The zero-order valence-corrected chi connectivity index (χ0v) is 7.17. The van der Waals surface area contributed by atoms with Crippen LogP contribution in [0.3, 0.4) is 0 Å². The molecular formula is C9H18O. The van der Waals surface area contributed by atoms with Crippen molar-refractivity contribution in [1.82, 2.24) is 0 Å². The maximum Gasteiger partial charge on any atom is 0.0568 e. The number of hydrogen-bond donors (Lipinski definition) is 1. The summed E-state index contributed by atoms with van der Waals surface area (Å²) in [5.74, 6) is 0.791. The molecule has 0 heterocycles.